The number of hydrogen-bond acceptors (Lipinski definition) is 3. The first kappa shape index (κ1) is 7.77. The molecule has 0 aliphatic heterocycles. The summed E-state index contributed by atoms with van der Waals surface area (Å²) in [5, 5.41) is 0. The van der Waals surface area contributed by atoms with Crippen LogP contribution < -0.4 is 4.74 Å². The molecule has 3 nitrogen and oxygen atoms in total. The van der Waals surface area contributed by atoms with E-state index in [0.29, 0.717) is 0 Å². The van der Waals surface area contributed by atoms with E-state index in [9.17, 15) is 13.2 Å². The Labute approximate surface area is 59.8 Å². The standard InChI is InChI=1S/C5H3F3N2O/c6-5(7,8)11-4-1-9-3-10-2-4/h1-3H. The third-order valence-electron chi connectivity index (χ3n) is 0.770. The summed E-state index contributed by atoms with van der Waals surface area (Å²) in [6, 6.07) is 0. The minimum absolute atomic E-state index is 0.417. The molecule has 0 N–H and O–H groups in total. The van der Waals surface area contributed by atoms with Gasteiger partial charge in [0.15, 0.2) is 5.75 Å². The molecule has 0 amide bonds. The van der Waals surface area contributed by atoms with Crippen LogP contribution in [0.5, 0.6) is 5.75 Å². The Morgan fingerprint density at radius 3 is 2.18 bits per heavy atom. The number of aromatic nitrogens is 2. The Morgan fingerprint density at radius 1 is 1.18 bits per heavy atom. The molecule has 0 radical (unpaired) electrons. The molecule has 0 fully saturated rings. The zero-order valence-electron chi connectivity index (χ0n) is 5.17. The monoisotopic (exact) mass is 164 g/mol. The Balaban J connectivity index is 2.66. The topological polar surface area (TPSA) is 35.0 Å². The molecular weight excluding hydrogens is 161 g/mol. The Morgan fingerprint density at radius 2 is 1.73 bits per heavy atom. The summed E-state index contributed by atoms with van der Waals surface area (Å²) in [5.41, 5.74) is 0. The van der Waals surface area contributed by atoms with Crippen molar-refractivity contribution < 1.29 is 17.9 Å². The van der Waals surface area contributed by atoms with Gasteiger partial charge in [0.05, 0.1) is 12.4 Å². The van der Waals surface area contributed by atoms with Crippen LogP contribution in [0.15, 0.2) is 18.7 Å². The lowest BCUT2D eigenvalue weighted by Gasteiger charge is -2.06. The van der Waals surface area contributed by atoms with Gasteiger partial charge < -0.3 is 4.74 Å². The second kappa shape index (κ2) is 2.73. The van der Waals surface area contributed by atoms with E-state index in [0.717, 1.165) is 18.7 Å². The van der Waals surface area contributed by atoms with Gasteiger partial charge in [0.25, 0.3) is 0 Å². The van der Waals surface area contributed by atoms with Crippen LogP contribution in [0.3, 0.4) is 0 Å². The van der Waals surface area contributed by atoms with Crippen molar-refractivity contribution in [1.29, 1.82) is 0 Å². The van der Waals surface area contributed by atoms with E-state index in [2.05, 4.69) is 14.7 Å². The third-order valence-corrected chi connectivity index (χ3v) is 0.770. The van der Waals surface area contributed by atoms with Gasteiger partial charge in [-0.2, -0.15) is 0 Å². The summed E-state index contributed by atoms with van der Waals surface area (Å²) < 4.78 is 37.9. The molecule has 0 bridgehead atoms. The molecule has 0 aliphatic carbocycles. The summed E-state index contributed by atoms with van der Waals surface area (Å²) >= 11 is 0. The average Bonchev–Trinajstić information content (AvgIpc) is 1.85. The van der Waals surface area contributed by atoms with Gasteiger partial charge in [0.2, 0.25) is 0 Å². The Bertz CT molecular complexity index is 223. The minimum Gasteiger partial charge on any atom is -0.402 e. The quantitative estimate of drug-likeness (QED) is 0.628. The van der Waals surface area contributed by atoms with Gasteiger partial charge in [-0.3, -0.25) is 0 Å². The predicted molar refractivity (Wildman–Crippen MR) is 28.7 cm³/mol. The molecule has 0 saturated carbocycles. The first-order chi connectivity index (χ1) is 5.08. The van der Waals surface area contributed by atoms with Gasteiger partial charge in [-0.25, -0.2) is 9.97 Å². The van der Waals surface area contributed by atoms with Crippen molar-refractivity contribution in [3.05, 3.63) is 18.7 Å². The van der Waals surface area contributed by atoms with Crippen molar-refractivity contribution in [2.75, 3.05) is 0 Å². The highest BCUT2D eigenvalue weighted by atomic mass is 19.4. The highest BCUT2D eigenvalue weighted by molar-refractivity contribution is 5.09. The molecule has 0 atom stereocenters. The summed E-state index contributed by atoms with van der Waals surface area (Å²) in [7, 11) is 0. The summed E-state index contributed by atoms with van der Waals surface area (Å²) in [4.78, 5) is 6.67. The highest BCUT2D eigenvalue weighted by Crippen LogP contribution is 2.19. The molecule has 0 unspecified atom stereocenters. The van der Waals surface area contributed by atoms with Gasteiger partial charge in [0, 0.05) is 0 Å². The molecule has 1 aromatic rings. The van der Waals surface area contributed by atoms with Crippen LogP contribution in [0.4, 0.5) is 13.2 Å². The van der Waals surface area contributed by atoms with Crippen LogP contribution in [0.1, 0.15) is 0 Å². The van der Waals surface area contributed by atoms with Gasteiger partial charge in [-0.1, -0.05) is 0 Å². The minimum atomic E-state index is -4.68. The molecule has 0 aromatic carbocycles. The molecule has 60 valence electrons. The maximum absolute atomic E-state index is 11.5. The number of hydrogen-bond donors (Lipinski definition) is 0. The number of nitrogens with zero attached hydrogens (tertiary/aromatic N) is 2. The average molecular weight is 164 g/mol. The third kappa shape index (κ3) is 2.83. The maximum Gasteiger partial charge on any atom is 0.573 e. The first-order valence-electron chi connectivity index (χ1n) is 2.59. The van der Waals surface area contributed by atoms with E-state index >= 15 is 0 Å². The van der Waals surface area contributed by atoms with E-state index in [4.69, 9.17) is 0 Å². The molecule has 6 heteroatoms. The second-order valence-electron chi connectivity index (χ2n) is 1.62. The number of rotatable bonds is 1. The molecule has 0 saturated heterocycles. The molecule has 1 rings (SSSR count). The van der Waals surface area contributed by atoms with Gasteiger partial charge in [-0.15, -0.1) is 13.2 Å². The van der Waals surface area contributed by atoms with Gasteiger partial charge in [0.1, 0.15) is 6.33 Å². The zero-order valence-corrected chi connectivity index (χ0v) is 5.17. The lowest BCUT2D eigenvalue weighted by molar-refractivity contribution is -0.274. The molecule has 11 heavy (non-hydrogen) atoms. The fourth-order valence-electron chi connectivity index (χ4n) is 0.472. The Hall–Kier alpha value is -1.33. The van der Waals surface area contributed by atoms with Crippen molar-refractivity contribution in [2.45, 2.75) is 6.36 Å². The van der Waals surface area contributed by atoms with Crippen molar-refractivity contribution in [3.63, 3.8) is 0 Å². The zero-order chi connectivity index (χ0) is 8.32. The Kier molecular flexibility index (Phi) is 1.93. The molecule has 0 spiro atoms. The van der Waals surface area contributed by atoms with E-state index in [1.165, 1.54) is 0 Å². The number of alkyl halides is 3. The van der Waals surface area contributed by atoms with Crippen LogP contribution >= 0.6 is 0 Å². The first-order valence-corrected chi connectivity index (χ1v) is 2.59. The van der Waals surface area contributed by atoms with Crippen LogP contribution in [0, 0.1) is 0 Å². The van der Waals surface area contributed by atoms with E-state index < -0.39 is 12.1 Å². The van der Waals surface area contributed by atoms with Crippen molar-refractivity contribution in [2.24, 2.45) is 0 Å². The van der Waals surface area contributed by atoms with E-state index in [1.54, 1.807) is 0 Å². The SMILES string of the molecule is FC(F)(F)Oc1cncnc1. The molecule has 1 aromatic heterocycles. The number of ether oxygens (including phenoxy) is 1. The lowest BCUT2D eigenvalue weighted by Crippen LogP contribution is -2.17. The fourth-order valence-corrected chi connectivity index (χ4v) is 0.472. The normalized spacial score (nSPS) is 11.2. The summed E-state index contributed by atoms with van der Waals surface area (Å²) in [5.74, 6) is -0.417. The lowest BCUT2D eigenvalue weighted by atomic mass is 10.6. The fraction of sp³-hybridized carbons (Fsp3) is 0.200. The molecule has 1 heterocycles. The summed E-state index contributed by atoms with van der Waals surface area (Å²) in [6.07, 6.45) is -1.70. The van der Waals surface area contributed by atoms with Crippen molar-refractivity contribution in [1.82, 2.24) is 9.97 Å². The smallest absolute Gasteiger partial charge is 0.402 e. The van der Waals surface area contributed by atoms with Crippen LogP contribution in [-0.4, -0.2) is 16.3 Å². The van der Waals surface area contributed by atoms with Crippen molar-refractivity contribution >= 4 is 0 Å². The van der Waals surface area contributed by atoms with E-state index in [1.807, 2.05) is 0 Å². The predicted octanol–water partition coefficient (Wildman–Crippen LogP) is 1.38. The van der Waals surface area contributed by atoms with Gasteiger partial charge in [-0.05, 0) is 0 Å². The molecular formula is C5H3F3N2O. The largest absolute Gasteiger partial charge is 0.573 e. The second-order valence-corrected chi connectivity index (χ2v) is 1.62. The van der Waals surface area contributed by atoms with Crippen molar-refractivity contribution in [3.8, 4) is 5.75 Å². The van der Waals surface area contributed by atoms with Crippen LogP contribution in [0.25, 0.3) is 0 Å². The van der Waals surface area contributed by atoms with Crippen LogP contribution in [0.2, 0.25) is 0 Å². The summed E-state index contributed by atoms with van der Waals surface area (Å²) in [6.45, 7) is 0. The molecule has 0 aliphatic rings. The van der Waals surface area contributed by atoms with Gasteiger partial charge >= 0.3 is 6.36 Å². The highest BCUT2D eigenvalue weighted by Gasteiger charge is 2.31. The van der Waals surface area contributed by atoms with Crippen LogP contribution in [-0.2, 0) is 0 Å². The van der Waals surface area contributed by atoms with E-state index in [-0.39, 0.29) is 0 Å². The number of halogens is 3. The maximum atomic E-state index is 11.5.